The van der Waals surface area contributed by atoms with Crippen molar-refractivity contribution in [3.63, 3.8) is 0 Å². The number of esters is 1. The molecule has 0 amide bonds. The zero-order chi connectivity index (χ0) is 23.0. The number of rotatable bonds is 4. The SMILES string of the molecule is COC(=O)C1C(C)=NC2=C(C(=O)C[C@@H](c3ccccc3)C2)[C@H]1c1ccc(O)c([N+](=O)[O-])c1. The molecule has 1 aliphatic carbocycles. The Kier molecular flexibility index (Phi) is 5.61. The average molecular weight is 434 g/mol. The maximum Gasteiger partial charge on any atom is 0.315 e. The second-order valence-electron chi connectivity index (χ2n) is 8.04. The lowest BCUT2D eigenvalue weighted by Gasteiger charge is -2.36. The van der Waals surface area contributed by atoms with Crippen LogP contribution in [0.4, 0.5) is 5.69 Å². The fourth-order valence-electron chi connectivity index (χ4n) is 4.69. The van der Waals surface area contributed by atoms with Crippen LogP contribution in [0.3, 0.4) is 0 Å². The fraction of sp³-hybridized carbons (Fsp3) is 0.292. The summed E-state index contributed by atoms with van der Waals surface area (Å²) in [4.78, 5) is 41.4. The fourth-order valence-corrected chi connectivity index (χ4v) is 4.69. The highest BCUT2D eigenvalue weighted by atomic mass is 16.6. The van der Waals surface area contributed by atoms with Crippen LogP contribution in [0.1, 0.15) is 42.7 Å². The first-order valence-corrected chi connectivity index (χ1v) is 10.2. The van der Waals surface area contributed by atoms with Gasteiger partial charge in [-0.2, -0.15) is 0 Å². The normalized spacial score (nSPS) is 22.8. The number of allylic oxidation sites excluding steroid dienone is 2. The van der Waals surface area contributed by atoms with Gasteiger partial charge in [-0.05, 0) is 36.5 Å². The molecule has 0 fully saturated rings. The molecule has 32 heavy (non-hydrogen) atoms. The number of benzene rings is 2. The summed E-state index contributed by atoms with van der Waals surface area (Å²) in [6, 6.07) is 13.6. The van der Waals surface area contributed by atoms with E-state index >= 15 is 0 Å². The summed E-state index contributed by atoms with van der Waals surface area (Å²) in [5.41, 5.74) is 2.40. The number of aliphatic imine (C=N–C) groups is 1. The van der Waals surface area contributed by atoms with Crippen molar-refractivity contribution in [2.24, 2.45) is 10.9 Å². The summed E-state index contributed by atoms with van der Waals surface area (Å²) in [6.07, 6.45) is 0.773. The Bertz CT molecular complexity index is 1170. The molecule has 1 unspecified atom stereocenters. The summed E-state index contributed by atoms with van der Waals surface area (Å²) in [7, 11) is 1.25. The van der Waals surface area contributed by atoms with Crippen LogP contribution in [0, 0.1) is 16.0 Å². The van der Waals surface area contributed by atoms with Crippen LogP contribution in [0.15, 0.2) is 64.8 Å². The largest absolute Gasteiger partial charge is 0.502 e. The van der Waals surface area contributed by atoms with Crippen LogP contribution >= 0.6 is 0 Å². The predicted octanol–water partition coefficient (Wildman–Crippen LogP) is 4.05. The number of ether oxygens (including phenoxy) is 1. The highest BCUT2D eigenvalue weighted by Crippen LogP contribution is 2.47. The van der Waals surface area contributed by atoms with E-state index in [1.54, 1.807) is 6.92 Å². The van der Waals surface area contributed by atoms with Crippen molar-refractivity contribution in [3.8, 4) is 5.75 Å². The highest BCUT2D eigenvalue weighted by Gasteiger charge is 2.45. The van der Waals surface area contributed by atoms with Gasteiger partial charge < -0.3 is 9.84 Å². The molecular weight excluding hydrogens is 412 g/mol. The Balaban J connectivity index is 1.86. The van der Waals surface area contributed by atoms with Crippen molar-refractivity contribution in [3.05, 3.63) is 81.0 Å². The molecule has 8 nitrogen and oxygen atoms in total. The molecule has 2 aromatic rings. The van der Waals surface area contributed by atoms with E-state index in [9.17, 15) is 24.8 Å². The molecule has 3 atom stereocenters. The number of aromatic hydroxyl groups is 1. The summed E-state index contributed by atoms with van der Waals surface area (Å²) in [6.45, 7) is 1.70. The number of Topliss-reactive ketones (excluding diaryl/α,β-unsaturated/α-hetero) is 1. The molecule has 0 bridgehead atoms. The number of carbonyl (C=O) groups excluding carboxylic acids is 2. The molecule has 1 heterocycles. The van der Waals surface area contributed by atoms with E-state index < -0.39 is 34.2 Å². The minimum absolute atomic E-state index is 0.0384. The predicted molar refractivity (Wildman–Crippen MR) is 117 cm³/mol. The van der Waals surface area contributed by atoms with Crippen LogP contribution in [-0.4, -0.2) is 34.6 Å². The topological polar surface area (TPSA) is 119 Å². The van der Waals surface area contributed by atoms with Gasteiger partial charge in [0.1, 0.15) is 5.92 Å². The standard InChI is InChI=1S/C24H22N2O6/c1-13-21(24(29)32-2)22(15-8-9-19(27)18(11-15)26(30)31)23-17(25-13)10-16(12-20(23)28)14-6-4-3-5-7-14/h3-9,11,16,21-22,27H,10,12H2,1-2H3/t16-,21?,22-/m0/s1. The number of methoxy groups -OCH3 is 1. The lowest BCUT2D eigenvalue weighted by molar-refractivity contribution is -0.385. The van der Waals surface area contributed by atoms with Gasteiger partial charge in [0.05, 0.1) is 12.0 Å². The highest BCUT2D eigenvalue weighted by molar-refractivity contribution is 6.09. The summed E-state index contributed by atoms with van der Waals surface area (Å²) >= 11 is 0. The Morgan fingerprint density at radius 2 is 1.88 bits per heavy atom. The number of carbonyl (C=O) groups is 2. The van der Waals surface area contributed by atoms with Crippen molar-refractivity contribution >= 4 is 23.2 Å². The molecule has 1 aliphatic heterocycles. The zero-order valence-electron chi connectivity index (χ0n) is 17.6. The van der Waals surface area contributed by atoms with Gasteiger partial charge in [-0.25, -0.2) is 0 Å². The number of nitro groups is 1. The van der Waals surface area contributed by atoms with E-state index in [4.69, 9.17) is 4.74 Å². The quantitative estimate of drug-likeness (QED) is 0.440. The van der Waals surface area contributed by atoms with Gasteiger partial charge in [-0.3, -0.25) is 24.7 Å². The number of ketones is 1. The number of phenolic OH excluding ortho intramolecular Hbond substituents is 1. The first-order chi connectivity index (χ1) is 15.3. The van der Waals surface area contributed by atoms with Crippen molar-refractivity contribution in [2.75, 3.05) is 7.11 Å². The van der Waals surface area contributed by atoms with Crippen LogP contribution in [0.5, 0.6) is 5.75 Å². The number of nitrogens with zero attached hydrogens (tertiary/aromatic N) is 2. The number of phenols is 1. The molecule has 0 spiro atoms. The van der Waals surface area contributed by atoms with Gasteiger partial charge in [-0.15, -0.1) is 0 Å². The minimum atomic E-state index is -0.889. The van der Waals surface area contributed by atoms with Gasteiger partial charge in [-0.1, -0.05) is 36.4 Å². The van der Waals surface area contributed by atoms with E-state index in [0.29, 0.717) is 29.0 Å². The first-order valence-electron chi connectivity index (χ1n) is 10.2. The van der Waals surface area contributed by atoms with Crippen LogP contribution < -0.4 is 0 Å². The van der Waals surface area contributed by atoms with E-state index in [0.717, 1.165) is 5.56 Å². The maximum absolute atomic E-state index is 13.4. The number of hydrogen-bond acceptors (Lipinski definition) is 7. The van der Waals surface area contributed by atoms with Gasteiger partial charge in [0.2, 0.25) is 0 Å². The zero-order valence-corrected chi connectivity index (χ0v) is 17.6. The molecule has 2 aliphatic rings. The Hall–Kier alpha value is -3.81. The van der Waals surface area contributed by atoms with E-state index in [-0.39, 0.29) is 18.1 Å². The lowest BCUT2D eigenvalue weighted by Crippen LogP contribution is -2.37. The molecule has 164 valence electrons. The van der Waals surface area contributed by atoms with Crippen molar-refractivity contribution < 1.29 is 24.4 Å². The second kappa shape index (κ2) is 8.37. The summed E-state index contributed by atoms with van der Waals surface area (Å²) in [5.74, 6) is -2.91. The summed E-state index contributed by atoms with van der Waals surface area (Å²) < 4.78 is 4.98. The third kappa shape index (κ3) is 3.68. The van der Waals surface area contributed by atoms with Gasteiger partial charge in [0, 0.05) is 35.4 Å². The third-order valence-corrected chi connectivity index (χ3v) is 6.17. The molecule has 0 saturated carbocycles. The van der Waals surface area contributed by atoms with Gasteiger partial charge in [0.15, 0.2) is 11.5 Å². The van der Waals surface area contributed by atoms with Crippen molar-refractivity contribution in [1.29, 1.82) is 0 Å². The molecule has 0 saturated heterocycles. The lowest BCUT2D eigenvalue weighted by atomic mass is 9.69. The minimum Gasteiger partial charge on any atom is -0.502 e. The molecule has 8 heteroatoms. The molecule has 4 rings (SSSR count). The Morgan fingerprint density at radius 1 is 1.16 bits per heavy atom. The molecule has 2 aromatic carbocycles. The van der Waals surface area contributed by atoms with Gasteiger partial charge in [0.25, 0.3) is 0 Å². The molecular formula is C24H22N2O6. The average Bonchev–Trinajstić information content (AvgIpc) is 2.78. The monoisotopic (exact) mass is 434 g/mol. The number of hydrogen-bond donors (Lipinski definition) is 1. The van der Waals surface area contributed by atoms with E-state index in [2.05, 4.69) is 4.99 Å². The summed E-state index contributed by atoms with van der Waals surface area (Å²) in [5, 5.41) is 21.3. The second-order valence-corrected chi connectivity index (χ2v) is 8.04. The molecule has 0 radical (unpaired) electrons. The first kappa shape index (κ1) is 21.4. The van der Waals surface area contributed by atoms with Gasteiger partial charge >= 0.3 is 11.7 Å². The Labute approximate surface area is 184 Å². The molecule has 1 N–H and O–H groups in total. The van der Waals surface area contributed by atoms with Crippen LogP contribution in [0.25, 0.3) is 0 Å². The Morgan fingerprint density at radius 3 is 2.53 bits per heavy atom. The smallest absolute Gasteiger partial charge is 0.315 e. The number of nitro benzene ring substituents is 1. The molecule has 0 aromatic heterocycles. The van der Waals surface area contributed by atoms with E-state index in [1.807, 2.05) is 30.3 Å². The van der Waals surface area contributed by atoms with Crippen LogP contribution in [-0.2, 0) is 14.3 Å². The van der Waals surface area contributed by atoms with Crippen molar-refractivity contribution in [1.82, 2.24) is 0 Å². The maximum atomic E-state index is 13.4. The van der Waals surface area contributed by atoms with Crippen LogP contribution in [0.2, 0.25) is 0 Å². The third-order valence-electron chi connectivity index (χ3n) is 6.17. The van der Waals surface area contributed by atoms with Crippen molar-refractivity contribution in [2.45, 2.75) is 31.6 Å². The van der Waals surface area contributed by atoms with E-state index in [1.165, 1.54) is 25.3 Å².